The fourth-order valence-corrected chi connectivity index (χ4v) is 7.22. The van der Waals surface area contributed by atoms with E-state index in [2.05, 4.69) is 0 Å². The Balaban J connectivity index is 1.92. The first-order valence-corrected chi connectivity index (χ1v) is 12.3. The van der Waals surface area contributed by atoms with E-state index in [1.807, 2.05) is 0 Å². The Morgan fingerprint density at radius 1 is 1.14 bits per heavy atom. The summed E-state index contributed by atoms with van der Waals surface area (Å²) in [5, 5.41) is -0.447. The Labute approximate surface area is 171 Å². The molecule has 2 aromatic rings. The smallest absolute Gasteiger partial charge is 0.243 e. The van der Waals surface area contributed by atoms with Crippen molar-refractivity contribution in [1.29, 1.82) is 0 Å². The first-order chi connectivity index (χ1) is 13.2. The van der Waals surface area contributed by atoms with Gasteiger partial charge in [-0.1, -0.05) is 29.8 Å². The minimum absolute atomic E-state index is 0.0866. The fourth-order valence-electron chi connectivity index (χ4n) is 3.41. The van der Waals surface area contributed by atoms with Gasteiger partial charge < -0.3 is 4.74 Å². The van der Waals surface area contributed by atoms with Crippen LogP contribution in [0.5, 0.6) is 5.75 Å². The molecular weight excluding hydrogens is 422 g/mol. The van der Waals surface area contributed by atoms with E-state index < -0.39 is 25.1 Å². The molecule has 0 spiro atoms. The highest BCUT2D eigenvalue weighted by Crippen LogP contribution is 2.35. The molecule has 0 bridgehead atoms. The summed E-state index contributed by atoms with van der Waals surface area (Å²) in [6.07, 6.45) is 0.153. The standard InChI is InChI=1S/C19H22ClNO5S2/c1-14-13-15(7-8-18(14)26-2)28(24,25)21-10-9-19(27(22,23)12-11-21)16-5-3-4-6-17(16)20/h3-8,13,19H,9-12H2,1-2H3/t19-/m1/s1. The summed E-state index contributed by atoms with van der Waals surface area (Å²) in [7, 11) is -5.84. The average molecular weight is 444 g/mol. The summed E-state index contributed by atoms with van der Waals surface area (Å²) in [5.74, 6) is 0.341. The Hall–Kier alpha value is -1.61. The summed E-state index contributed by atoms with van der Waals surface area (Å²) in [6, 6.07) is 11.4. The number of halogens is 1. The van der Waals surface area contributed by atoms with Crippen molar-refractivity contribution in [2.24, 2.45) is 0 Å². The van der Waals surface area contributed by atoms with E-state index in [1.165, 1.54) is 17.5 Å². The number of aryl methyl sites for hydroxylation is 1. The molecule has 0 aliphatic carbocycles. The minimum Gasteiger partial charge on any atom is -0.496 e. The third kappa shape index (κ3) is 4.05. The maximum absolute atomic E-state index is 13.1. The Kier molecular flexibility index (Phi) is 6.05. The van der Waals surface area contributed by atoms with Gasteiger partial charge in [0.15, 0.2) is 9.84 Å². The van der Waals surface area contributed by atoms with E-state index in [0.717, 1.165) is 0 Å². The lowest BCUT2D eigenvalue weighted by atomic mass is 10.1. The summed E-state index contributed by atoms with van der Waals surface area (Å²) < 4.78 is 58.2. The average Bonchev–Trinajstić information content (AvgIpc) is 2.80. The van der Waals surface area contributed by atoms with Crippen LogP contribution in [0.1, 0.15) is 22.8 Å². The molecule has 0 N–H and O–H groups in total. The summed E-state index contributed by atoms with van der Waals surface area (Å²) in [4.78, 5) is 0.124. The number of hydrogen-bond donors (Lipinski definition) is 0. The van der Waals surface area contributed by atoms with Crippen LogP contribution in [0, 0.1) is 6.92 Å². The third-order valence-corrected chi connectivity index (χ3v) is 9.30. The predicted molar refractivity (Wildman–Crippen MR) is 109 cm³/mol. The highest BCUT2D eigenvalue weighted by molar-refractivity contribution is 7.92. The molecule has 1 saturated heterocycles. The van der Waals surface area contributed by atoms with Gasteiger partial charge in [-0.25, -0.2) is 16.8 Å². The van der Waals surface area contributed by atoms with Gasteiger partial charge in [0.05, 0.1) is 23.0 Å². The van der Waals surface area contributed by atoms with Crippen molar-refractivity contribution < 1.29 is 21.6 Å². The zero-order chi connectivity index (χ0) is 20.5. The van der Waals surface area contributed by atoms with Crippen LogP contribution in [0.25, 0.3) is 0 Å². The largest absolute Gasteiger partial charge is 0.496 e. The maximum atomic E-state index is 13.1. The summed E-state index contributed by atoms with van der Waals surface area (Å²) in [6.45, 7) is 1.78. The lowest BCUT2D eigenvalue weighted by Gasteiger charge is -2.20. The van der Waals surface area contributed by atoms with Crippen molar-refractivity contribution in [2.45, 2.75) is 23.5 Å². The molecule has 6 nitrogen and oxygen atoms in total. The molecule has 152 valence electrons. The van der Waals surface area contributed by atoms with E-state index in [0.29, 0.717) is 21.9 Å². The molecule has 1 aliphatic rings. The zero-order valence-corrected chi connectivity index (χ0v) is 18.0. The van der Waals surface area contributed by atoms with Crippen LogP contribution in [0.3, 0.4) is 0 Å². The number of rotatable bonds is 4. The van der Waals surface area contributed by atoms with Gasteiger partial charge in [0, 0.05) is 18.1 Å². The second-order valence-electron chi connectivity index (χ2n) is 6.70. The maximum Gasteiger partial charge on any atom is 0.243 e. The van der Waals surface area contributed by atoms with Crippen LogP contribution in [0.4, 0.5) is 0 Å². The molecule has 0 unspecified atom stereocenters. The minimum atomic E-state index is -3.82. The molecule has 1 atom stereocenters. The van der Waals surface area contributed by atoms with Crippen molar-refractivity contribution in [3.05, 3.63) is 58.6 Å². The lowest BCUT2D eigenvalue weighted by molar-refractivity contribution is 0.410. The van der Waals surface area contributed by atoms with E-state index in [1.54, 1.807) is 43.3 Å². The van der Waals surface area contributed by atoms with Gasteiger partial charge in [-0.15, -0.1) is 0 Å². The molecule has 1 heterocycles. The van der Waals surface area contributed by atoms with Crippen LogP contribution in [-0.2, 0) is 19.9 Å². The molecule has 3 rings (SSSR count). The number of methoxy groups -OCH3 is 1. The molecule has 0 saturated carbocycles. The highest BCUT2D eigenvalue weighted by atomic mass is 35.5. The first kappa shape index (κ1) is 21.1. The van der Waals surface area contributed by atoms with E-state index in [9.17, 15) is 16.8 Å². The highest BCUT2D eigenvalue weighted by Gasteiger charge is 2.36. The van der Waals surface area contributed by atoms with Crippen LogP contribution in [0.2, 0.25) is 5.02 Å². The van der Waals surface area contributed by atoms with Crippen LogP contribution in [0.15, 0.2) is 47.4 Å². The number of benzene rings is 2. The normalized spacial score (nSPS) is 20.5. The van der Waals surface area contributed by atoms with Gasteiger partial charge in [0.25, 0.3) is 0 Å². The van der Waals surface area contributed by atoms with Gasteiger partial charge in [-0.2, -0.15) is 4.31 Å². The van der Waals surface area contributed by atoms with Crippen molar-refractivity contribution >= 4 is 31.5 Å². The molecule has 0 amide bonds. The number of sulfonamides is 1. The molecule has 0 aromatic heterocycles. The molecule has 1 fully saturated rings. The topological polar surface area (TPSA) is 80.8 Å². The first-order valence-electron chi connectivity index (χ1n) is 8.77. The van der Waals surface area contributed by atoms with E-state index >= 15 is 0 Å². The Bertz CT molecular complexity index is 1080. The molecule has 9 heteroatoms. The summed E-state index contributed by atoms with van der Waals surface area (Å²) in [5.41, 5.74) is 1.21. The predicted octanol–water partition coefficient (Wildman–Crippen LogP) is 3.21. The number of hydrogen-bond acceptors (Lipinski definition) is 5. The summed E-state index contributed by atoms with van der Waals surface area (Å²) >= 11 is 6.20. The molecule has 2 aromatic carbocycles. The SMILES string of the molecule is COc1ccc(S(=O)(=O)N2CC[C@H](c3ccccc3Cl)S(=O)(=O)CC2)cc1C. The van der Waals surface area contributed by atoms with Crippen molar-refractivity contribution in [1.82, 2.24) is 4.31 Å². The fraction of sp³-hybridized carbons (Fsp3) is 0.368. The Morgan fingerprint density at radius 2 is 1.86 bits per heavy atom. The number of nitrogens with zero attached hydrogens (tertiary/aromatic N) is 1. The second-order valence-corrected chi connectivity index (χ2v) is 11.3. The van der Waals surface area contributed by atoms with Gasteiger partial charge in [0.1, 0.15) is 5.75 Å². The molecule has 0 radical (unpaired) electrons. The second kappa shape index (κ2) is 8.02. The van der Waals surface area contributed by atoms with Crippen molar-refractivity contribution in [2.75, 3.05) is 26.0 Å². The molecule has 28 heavy (non-hydrogen) atoms. The zero-order valence-electron chi connectivity index (χ0n) is 15.6. The van der Waals surface area contributed by atoms with E-state index in [-0.39, 0.29) is 30.2 Å². The van der Waals surface area contributed by atoms with Gasteiger partial charge in [0.2, 0.25) is 10.0 Å². The number of ether oxygens (including phenoxy) is 1. The van der Waals surface area contributed by atoms with Gasteiger partial charge in [-0.3, -0.25) is 0 Å². The van der Waals surface area contributed by atoms with Crippen LogP contribution in [-0.4, -0.2) is 47.1 Å². The Morgan fingerprint density at radius 3 is 2.50 bits per heavy atom. The molecular formula is C19H22ClNO5S2. The van der Waals surface area contributed by atoms with Gasteiger partial charge in [-0.05, 0) is 48.7 Å². The van der Waals surface area contributed by atoms with Crippen molar-refractivity contribution in [3.8, 4) is 5.75 Å². The van der Waals surface area contributed by atoms with Crippen molar-refractivity contribution in [3.63, 3.8) is 0 Å². The third-order valence-electron chi connectivity index (χ3n) is 4.96. The quantitative estimate of drug-likeness (QED) is 0.724. The van der Waals surface area contributed by atoms with Gasteiger partial charge >= 0.3 is 0 Å². The number of sulfone groups is 1. The molecule has 1 aliphatic heterocycles. The lowest BCUT2D eigenvalue weighted by Crippen LogP contribution is -2.33. The monoisotopic (exact) mass is 443 g/mol. The van der Waals surface area contributed by atoms with E-state index in [4.69, 9.17) is 16.3 Å². The van der Waals surface area contributed by atoms with Crippen LogP contribution >= 0.6 is 11.6 Å². The van der Waals surface area contributed by atoms with Crippen LogP contribution < -0.4 is 4.74 Å².